The highest BCUT2D eigenvalue weighted by molar-refractivity contribution is 9.10. The molecule has 1 rings (SSSR count). The Morgan fingerprint density at radius 2 is 1.84 bits per heavy atom. The molecule has 0 fully saturated rings. The third-order valence-corrected chi connectivity index (χ3v) is 6.33. The fourth-order valence-corrected chi connectivity index (χ4v) is 4.12. The fraction of sp³-hybridized carbons (Fsp3) is 0.417. The van der Waals surface area contributed by atoms with Crippen molar-refractivity contribution in [2.45, 2.75) is 23.5 Å². The summed E-state index contributed by atoms with van der Waals surface area (Å²) in [6.07, 6.45) is 0. The van der Waals surface area contributed by atoms with Gasteiger partial charge in [-0.15, -0.1) is 11.8 Å². The van der Waals surface area contributed by atoms with E-state index in [0.717, 1.165) is 16.2 Å². The third-order valence-electron chi connectivity index (χ3n) is 2.50. The Bertz CT molecular complexity index is 550. The largest absolute Gasteiger partial charge is 0.480 e. The van der Waals surface area contributed by atoms with Crippen molar-refractivity contribution in [3.8, 4) is 0 Å². The lowest BCUT2D eigenvalue weighted by Crippen LogP contribution is -2.28. The first-order chi connectivity index (χ1) is 8.65. The van der Waals surface area contributed by atoms with Gasteiger partial charge in [0.05, 0.1) is 10.6 Å². The summed E-state index contributed by atoms with van der Waals surface area (Å²) in [7, 11) is -3.36. The Labute approximate surface area is 125 Å². The van der Waals surface area contributed by atoms with Gasteiger partial charge in [0, 0.05) is 10.2 Å². The lowest BCUT2D eigenvalue weighted by atomic mass is 10.2. The second-order valence-corrected chi connectivity index (χ2v) is 9.18. The van der Waals surface area contributed by atoms with Crippen LogP contribution in [0.5, 0.6) is 0 Å². The first-order valence-electron chi connectivity index (χ1n) is 5.51. The first-order valence-corrected chi connectivity index (χ1v) is 8.94. The molecule has 0 saturated heterocycles. The normalized spacial score (nSPS) is 12.4. The maximum atomic E-state index is 12.0. The second-order valence-electron chi connectivity index (χ2n) is 4.44. The van der Waals surface area contributed by atoms with Gasteiger partial charge in [0.1, 0.15) is 4.75 Å². The van der Waals surface area contributed by atoms with E-state index < -0.39 is 20.6 Å². The van der Waals surface area contributed by atoms with E-state index in [1.54, 1.807) is 26.0 Å². The van der Waals surface area contributed by atoms with Gasteiger partial charge >= 0.3 is 5.97 Å². The molecule has 7 heteroatoms. The molecule has 0 amide bonds. The molecule has 1 aromatic carbocycles. The molecule has 0 radical (unpaired) electrons. The number of hydrogen-bond acceptors (Lipinski definition) is 4. The maximum absolute atomic E-state index is 12.0. The van der Waals surface area contributed by atoms with Crippen LogP contribution in [0.2, 0.25) is 0 Å². The van der Waals surface area contributed by atoms with Gasteiger partial charge in [-0.3, -0.25) is 4.79 Å². The zero-order valence-electron chi connectivity index (χ0n) is 10.6. The molecule has 1 aromatic rings. The minimum Gasteiger partial charge on any atom is -0.480 e. The average Bonchev–Trinajstić information content (AvgIpc) is 2.28. The highest BCUT2D eigenvalue weighted by Crippen LogP contribution is 2.25. The number of aliphatic carboxylic acids is 1. The number of thioether (sulfide) groups is 1. The van der Waals surface area contributed by atoms with Crippen molar-refractivity contribution >= 4 is 43.5 Å². The van der Waals surface area contributed by atoms with Crippen LogP contribution >= 0.6 is 27.7 Å². The topological polar surface area (TPSA) is 71.4 Å². The zero-order chi connectivity index (χ0) is 14.7. The van der Waals surface area contributed by atoms with Gasteiger partial charge in [-0.25, -0.2) is 8.42 Å². The van der Waals surface area contributed by atoms with E-state index in [9.17, 15) is 13.2 Å². The highest BCUT2D eigenvalue weighted by Gasteiger charge is 2.28. The molecule has 0 unspecified atom stereocenters. The average molecular weight is 367 g/mol. The summed E-state index contributed by atoms with van der Waals surface area (Å²) in [5.41, 5.74) is 0. The Morgan fingerprint density at radius 1 is 1.32 bits per heavy atom. The number of carbonyl (C=O) groups is 1. The Kier molecular flexibility index (Phi) is 5.46. The smallest absolute Gasteiger partial charge is 0.319 e. The molecule has 106 valence electrons. The fourth-order valence-electron chi connectivity index (χ4n) is 1.23. The van der Waals surface area contributed by atoms with Crippen LogP contribution in [-0.4, -0.2) is 35.7 Å². The van der Waals surface area contributed by atoms with Gasteiger partial charge in [0.15, 0.2) is 9.84 Å². The molecule has 0 aliphatic rings. The molecular weight excluding hydrogens is 352 g/mol. The summed E-state index contributed by atoms with van der Waals surface area (Å²) in [5.74, 6) is -0.771. The Balaban J connectivity index is 2.67. The first kappa shape index (κ1) is 16.5. The van der Waals surface area contributed by atoms with Crippen molar-refractivity contribution in [3.05, 3.63) is 28.7 Å². The predicted octanol–water partition coefficient (Wildman–Crippen LogP) is 2.82. The van der Waals surface area contributed by atoms with Gasteiger partial charge in [-0.05, 0) is 38.1 Å². The number of benzene rings is 1. The van der Waals surface area contributed by atoms with Crippen molar-refractivity contribution < 1.29 is 18.3 Å². The minimum absolute atomic E-state index is 0.0734. The van der Waals surface area contributed by atoms with Crippen molar-refractivity contribution in [2.24, 2.45) is 0 Å². The van der Waals surface area contributed by atoms with Gasteiger partial charge in [0.2, 0.25) is 0 Å². The van der Waals surface area contributed by atoms with Gasteiger partial charge in [-0.1, -0.05) is 15.9 Å². The molecule has 4 nitrogen and oxygen atoms in total. The predicted molar refractivity (Wildman–Crippen MR) is 80.4 cm³/mol. The van der Waals surface area contributed by atoms with Gasteiger partial charge < -0.3 is 5.11 Å². The Hall–Kier alpha value is -0.530. The summed E-state index contributed by atoms with van der Waals surface area (Å²) in [4.78, 5) is 11.2. The van der Waals surface area contributed by atoms with E-state index in [4.69, 9.17) is 5.11 Å². The molecule has 0 aromatic heterocycles. The van der Waals surface area contributed by atoms with E-state index >= 15 is 0 Å². The van der Waals surface area contributed by atoms with Crippen LogP contribution in [0.1, 0.15) is 13.8 Å². The summed E-state index contributed by atoms with van der Waals surface area (Å²) in [6, 6.07) is 6.40. The number of carboxylic acids is 1. The van der Waals surface area contributed by atoms with Gasteiger partial charge in [0.25, 0.3) is 0 Å². The van der Waals surface area contributed by atoms with Gasteiger partial charge in [-0.2, -0.15) is 0 Å². The molecule has 0 aliphatic carbocycles. The molecular formula is C12H15BrO4S2. The van der Waals surface area contributed by atoms with E-state index in [-0.39, 0.29) is 16.4 Å². The number of rotatable bonds is 6. The zero-order valence-corrected chi connectivity index (χ0v) is 13.8. The molecule has 19 heavy (non-hydrogen) atoms. The van der Waals surface area contributed by atoms with Crippen molar-refractivity contribution in [1.29, 1.82) is 0 Å². The summed E-state index contributed by atoms with van der Waals surface area (Å²) in [5, 5.41) is 8.94. The minimum atomic E-state index is -3.36. The molecule has 1 N–H and O–H groups in total. The van der Waals surface area contributed by atoms with Crippen molar-refractivity contribution in [3.63, 3.8) is 0 Å². The van der Waals surface area contributed by atoms with E-state index in [1.807, 2.05) is 0 Å². The number of halogens is 1. The van der Waals surface area contributed by atoms with Crippen LogP contribution < -0.4 is 0 Å². The second kappa shape index (κ2) is 6.28. The monoisotopic (exact) mass is 366 g/mol. The lowest BCUT2D eigenvalue weighted by molar-refractivity contribution is -0.138. The molecule has 0 spiro atoms. The van der Waals surface area contributed by atoms with E-state index in [0.29, 0.717) is 0 Å². The number of sulfone groups is 1. The molecule has 0 heterocycles. The SMILES string of the molecule is CC(C)(SCCS(=O)(=O)c1ccc(Br)cc1)C(=O)O. The van der Waals surface area contributed by atoms with Crippen LogP contribution in [0.3, 0.4) is 0 Å². The Morgan fingerprint density at radius 3 is 2.32 bits per heavy atom. The van der Waals surface area contributed by atoms with Crippen LogP contribution in [0.15, 0.2) is 33.6 Å². The van der Waals surface area contributed by atoms with Crippen molar-refractivity contribution in [1.82, 2.24) is 0 Å². The third kappa shape index (κ3) is 4.81. The molecule has 0 aliphatic heterocycles. The molecule has 0 atom stereocenters. The molecule has 0 bridgehead atoms. The standard InChI is InChI=1S/C12H15BrO4S2/c1-12(2,11(14)15)18-7-8-19(16,17)10-5-3-9(13)4-6-10/h3-6H,7-8H2,1-2H3,(H,14,15). The van der Waals surface area contributed by atoms with E-state index in [2.05, 4.69) is 15.9 Å². The highest BCUT2D eigenvalue weighted by atomic mass is 79.9. The quantitative estimate of drug-likeness (QED) is 0.837. The summed E-state index contributed by atoms with van der Waals surface area (Å²) < 4.78 is 23.9. The maximum Gasteiger partial charge on any atom is 0.319 e. The van der Waals surface area contributed by atoms with Crippen LogP contribution in [0.4, 0.5) is 0 Å². The summed E-state index contributed by atoms with van der Waals surface area (Å²) >= 11 is 4.37. The van der Waals surface area contributed by atoms with Crippen LogP contribution in [-0.2, 0) is 14.6 Å². The number of hydrogen-bond donors (Lipinski definition) is 1. The van der Waals surface area contributed by atoms with Crippen molar-refractivity contribution in [2.75, 3.05) is 11.5 Å². The van der Waals surface area contributed by atoms with Crippen LogP contribution in [0.25, 0.3) is 0 Å². The number of carboxylic acid groups (broad SMARTS) is 1. The van der Waals surface area contributed by atoms with E-state index in [1.165, 1.54) is 12.1 Å². The van der Waals surface area contributed by atoms with Crippen LogP contribution in [0, 0.1) is 0 Å². The summed E-state index contributed by atoms with van der Waals surface area (Å²) in [6.45, 7) is 3.12. The lowest BCUT2D eigenvalue weighted by Gasteiger charge is -2.18. The molecule has 0 saturated carbocycles.